The topological polar surface area (TPSA) is 12.0 Å². The van der Waals surface area contributed by atoms with Crippen LogP contribution in [0.25, 0.3) is 0 Å². The van der Waals surface area contributed by atoms with E-state index < -0.39 is 0 Å². The highest BCUT2D eigenvalue weighted by Gasteiger charge is 2.07. The summed E-state index contributed by atoms with van der Waals surface area (Å²) in [5, 5.41) is 4.07. The van der Waals surface area contributed by atoms with E-state index in [0.717, 1.165) is 15.9 Å². The van der Waals surface area contributed by atoms with Crippen molar-refractivity contribution in [3.63, 3.8) is 0 Å². The van der Waals surface area contributed by atoms with Crippen LogP contribution < -0.4 is 5.32 Å². The normalized spacial score (nSPS) is 12.4. The van der Waals surface area contributed by atoms with Gasteiger partial charge in [0.2, 0.25) is 0 Å². The van der Waals surface area contributed by atoms with Crippen molar-refractivity contribution in [1.29, 1.82) is 0 Å². The largest absolute Gasteiger partial charge is 0.310 e. The highest BCUT2D eigenvalue weighted by molar-refractivity contribution is 9.10. The number of halogens is 3. The van der Waals surface area contributed by atoms with Crippen LogP contribution in [-0.2, 0) is 13.0 Å². The van der Waals surface area contributed by atoms with Crippen LogP contribution in [0.3, 0.4) is 0 Å². The molecule has 2 aromatic rings. The Morgan fingerprint density at radius 3 is 2.80 bits per heavy atom. The van der Waals surface area contributed by atoms with Crippen molar-refractivity contribution < 1.29 is 4.39 Å². The van der Waals surface area contributed by atoms with Crippen LogP contribution in [-0.4, -0.2) is 6.04 Å². The van der Waals surface area contributed by atoms with Crippen LogP contribution in [0.4, 0.5) is 4.39 Å². The molecule has 0 aliphatic carbocycles. The second-order valence-corrected chi connectivity index (χ2v) is 6.20. The van der Waals surface area contributed by atoms with E-state index in [4.69, 9.17) is 11.6 Å². The molecule has 106 valence electrons. The average Bonchev–Trinajstić information content (AvgIpc) is 2.40. The minimum absolute atomic E-state index is 0.185. The quantitative estimate of drug-likeness (QED) is 0.798. The molecule has 0 spiro atoms. The van der Waals surface area contributed by atoms with Gasteiger partial charge in [0.15, 0.2) is 0 Å². The van der Waals surface area contributed by atoms with E-state index >= 15 is 0 Å². The third-order valence-corrected chi connectivity index (χ3v) is 3.81. The van der Waals surface area contributed by atoms with Crippen LogP contribution >= 0.6 is 27.5 Å². The Bertz CT molecular complexity index is 588. The first-order chi connectivity index (χ1) is 9.54. The molecular formula is C16H16BrClFN. The van der Waals surface area contributed by atoms with Gasteiger partial charge in [-0.2, -0.15) is 0 Å². The van der Waals surface area contributed by atoms with Gasteiger partial charge in [0.05, 0.1) is 0 Å². The third kappa shape index (κ3) is 4.58. The molecule has 1 atom stereocenters. The lowest BCUT2D eigenvalue weighted by molar-refractivity contribution is 0.525. The van der Waals surface area contributed by atoms with Gasteiger partial charge in [0.25, 0.3) is 0 Å². The maximum atomic E-state index is 13.6. The molecule has 1 N–H and O–H groups in total. The van der Waals surface area contributed by atoms with Gasteiger partial charge >= 0.3 is 0 Å². The lowest BCUT2D eigenvalue weighted by Crippen LogP contribution is -2.27. The molecule has 0 bridgehead atoms. The number of nitrogens with one attached hydrogen (secondary N) is 1. The van der Waals surface area contributed by atoms with Gasteiger partial charge in [-0.25, -0.2) is 4.39 Å². The van der Waals surface area contributed by atoms with E-state index in [-0.39, 0.29) is 11.9 Å². The Hall–Kier alpha value is -0.900. The van der Waals surface area contributed by atoms with E-state index in [9.17, 15) is 4.39 Å². The molecule has 0 amide bonds. The molecule has 20 heavy (non-hydrogen) atoms. The molecule has 2 rings (SSSR count). The van der Waals surface area contributed by atoms with Crippen LogP contribution in [0.5, 0.6) is 0 Å². The molecule has 2 aromatic carbocycles. The molecule has 0 radical (unpaired) electrons. The van der Waals surface area contributed by atoms with Crippen molar-refractivity contribution in [3.05, 3.63) is 68.9 Å². The van der Waals surface area contributed by atoms with E-state index in [2.05, 4.69) is 28.2 Å². The van der Waals surface area contributed by atoms with Crippen molar-refractivity contribution in [3.8, 4) is 0 Å². The molecule has 4 heteroatoms. The molecular weight excluding hydrogens is 341 g/mol. The van der Waals surface area contributed by atoms with Gasteiger partial charge in [0.1, 0.15) is 5.82 Å². The van der Waals surface area contributed by atoms with Crippen molar-refractivity contribution in [1.82, 2.24) is 5.32 Å². The van der Waals surface area contributed by atoms with Crippen LogP contribution in [0, 0.1) is 5.82 Å². The summed E-state index contributed by atoms with van der Waals surface area (Å²) in [5.74, 6) is -0.185. The number of rotatable bonds is 5. The van der Waals surface area contributed by atoms with Gasteiger partial charge < -0.3 is 5.32 Å². The maximum Gasteiger partial charge on any atom is 0.127 e. The summed E-state index contributed by atoms with van der Waals surface area (Å²) in [6.45, 7) is 2.59. The Balaban J connectivity index is 1.92. The van der Waals surface area contributed by atoms with Crippen molar-refractivity contribution in [2.24, 2.45) is 0 Å². The minimum atomic E-state index is -0.185. The fourth-order valence-corrected chi connectivity index (χ4v) is 2.67. The molecule has 1 nitrogen and oxygen atoms in total. The summed E-state index contributed by atoms with van der Waals surface area (Å²) in [7, 11) is 0. The Morgan fingerprint density at radius 1 is 1.25 bits per heavy atom. The fraction of sp³-hybridized carbons (Fsp3) is 0.250. The summed E-state index contributed by atoms with van der Waals surface area (Å²) in [6, 6.07) is 13.0. The molecule has 0 saturated carbocycles. The maximum absolute atomic E-state index is 13.6. The summed E-state index contributed by atoms with van der Waals surface area (Å²) in [4.78, 5) is 0. The Labute approximate surface area is 132 Å². The zero-order valence-corrected chi connectivity index (χ0v) is 13.5. The molecule has 0 saturated heterocycles. The van der Waals surface area contributed by atoms with Crippen LogP contribution in [0.1, 0.15) is 18.1 Å². The molecule has 0 aliphatic heterocycles. The van der Waals surface area contributed by atoms with Crippen molar-refractivity contribution in [2.75, 3.05) is 0 Å². The summed E-state index contributed by atoms with van der Waals surface area (Å²) in [6.07, 6.45) is 0.857. The Morgan fingerprint density at radius 2 is 2.05 bits per heavy atom. The van der Waals surface area contributed by atoms with Gasteiger partial charge in [0, 0.05) is 27.6 Å². The smallest absolute Gasteiger partial charge is 0.127 e. The first-order valence-corrected chi connectivity index (χ1v) is 7.63. The highest BCUT2D eigenvalue weighted by Crippen LogP contribution is 2.16. The Kier molecular flexibility index (Phi) is 5.58. The van der Waals surface area contributed by atoms with E-state index in [1.165, 1.54) is 11.6 Å². The predicted molar refractivity (Wildman–Crippen MR) is 85.6 cm³/mol. The minimum Gasteiger partial charge on any atom is -0.310 e. The van der Waals surface area contributed by atoms with Crippen LogP contribution in [0.2, 0.25) is 5.02 Å². The summed E-state index contributed by atoms with van der Waals surface area (Å²) in [5.41, 5.74) is 1.84. The lowest BCUT2D eigenvalue weighted by atomic mass is 10.1. The average molecular weight is 357 g/mol. The van der Waals surface area contributed by atoms with Gasteiger partial charge in [-0.05, 0) is 49.2 Å². The first kappa shape index (κ1) is 15.5. The first-order valence-electron chi connectivity index (χ1n) is 6.46. The zero-order chi connectivity index (χ0) is 14.5. The standard InChI is InChI=1S/C16H16BrClFN/c1-11(7-12-3-2-4-15(18)8-12)20-10-13-9-14(17)5-6-16(13)19/h2-6,8-9,11,20H,7,10H2,1H3. The molecule has 0 aromatic heterocycles. The fourth-order valence-electron chi connectivity index (χ4n) is 2.05. The predicted octanol–water partition coefficient (Wildman–Crippen LogP) is 4.96. The van der Waals surface area contributed by atoms with Crippen molar-refractivity contribution in [2.45, 2.75) is 25.9 Å². The number of hydrogen-bond donors (Lipinski definition) is 1. The van der Waals surface area contributed by atoms with Gasteiger partial charge in [-0.15, -0.1) is 0 Å². The molecule has 0 aliphatic rings. The second kappa shape index (κ2) is 7.21. The van der Waals surface area contributed by atoms with Crippen molar-refractivity contribution >= 4 is 27.5 Å². The lowest BCUT2D eigenvalue weighted by Gasteiger charge is -2.14. The second-order valence-electron chi connectivity index (χ2n) is 4.85. The highest BCUT2D eigenvalue weighted by atomic mass is 79.9. The number of hydrogen-bond acceptors (Lipinski definition) is 1. The van der Waals surface area contributed by atoms with E-state index in [1.807, 2.05) is 24.3 Å². The van der Waals surface area contributed by atoms with E-state index in [1.54, 1.807) is 12.1 Å². The number of benzene rings is 2. The summed E-state index contributed by atoms with van der Waals surface area (Å²) >= 11 is 9.32. The third-order valence-electron chi connectivity index (χ3n) is 3.08. The molecule has 0 fully saturated rings. The van der Waals surface area contributed by atoms with E-state index in [0.29, 0.717) is 12.1 Å². The molecule has 0 heterocycles. The van der Waals surface area contributed by atoms with Gasteiger partial charge in [-0.1, -0.05) is 39.7 Å². The zero-order valence-electron chi connectivity index (χ0n) is 11.2. The molecule has 1 unspecified atom stereocenters. The van der Waals surface area contributed by atoms with Crippen LogP contribution in [0.15, 0.2) is 46.9 Å². The SMILES string of the molecule is CC(Cc1cccc(Cl)c1)NCc1cc(Br)ccc1F. The summed E-state index contributed by atoms with van der Waals surface area (Å²) < 4.78 is 14.5. The monoisotopic (exact) mass is 355 g/mol. The van der Waals surface area contributed by atoms with Gasteiger partial charge in [-0.3, -0.25) is 0 Å².